The second-order valence-corrected chi connectivity index (χ2v) is 5.00. The smallest absolute Gasteiger partial charge is 0.0897 e. The van der Waals surface area contributed by atoms with Crippen LogP contribution in [-0.2, 0) is 0 Å². The van der Waals surface area contributed by atoms with Gasteiger partial charge in [0.1, 0.15) is 0 Å². The lowest BCUT2D eigenvalue weighted by atomic mass is 10.1. The number of nitrogens with one attached hydrogen (secondary N) is 1. The normalized spacial score (nSPS) is 12.7. The van der Waals surface area contributed by atoms with Crippen molar-refractivity contribution in [3.05, 3.63) is 45.7 Å². The van der Waals surface area contributed by atoms with Crippen molar-refractivity contribution in [3.8, 4) is 0 Å². The van der Waals surface area contributed by atoms with Gasteiger partial charge in [-0.15, -0.1) is 11.3 Å². The molecule has 0 amide bonds. The maximum atomic E-state index is 4.32. The van der Waals surface area contributed by atoms with Crippen LogP contribution in [0.1, 0.15) is 27.2 Å². The van der Waals surface area contributed by atoms with E-state index in [0.29, 0.717) is 0 Å². The molecule has 0 aliphatic carbocycles. The number of rotatable bonds is 3. The van der Waals surface area contributed by atoms with Gasteiger partial charge in [0.2, 0.25) is 0 Å². The summed E-state index contributed by atoms with van der Waals surface area (Å²) in [5, 5.41) is 4.39. The van der Waals surface area contributed by atoms with E-state index in [4.69, 9.17) is 0 Å². The molecule has 0 saturated heterocycles. The maximum Gasteiger partial charge on any atom is 0.0897 e. The van der Waals surface area contributed by atoms with E-state index in [-0.39, 0.29) is 6.04 Å². The molecule has 0 fully saturated rings. The molecule has 3 nitrogen and oxygen atoms in total. The van der Waals surface area contributed by atoms with Crippen LogP contribution in [0.4, 0.5) is 0 Å². The van der Waals surface area contributed by atoms with Crippen LogP contribution >= 0.6 is 11.3 Å². The van der Waals surface area contributed by atoms with Gasteiger partial charge < -0.3 is 5.32 Å². The van der Waals surface area contributed by atoms with Crippen molar-refractivity contribution < 1.29 is 0 Å². The molecule has 1 N–H and O–H groups in total. The van der Waals surface area contributed by atoms with Gasteiger partial charge in [-0.2, -0.15) is 0 Å². The zero-order valence-corrected chi connectivity index (χ0v) is 10.5. The highest BCUT2D eigenvalue weighted by Gasteiger charge is 2.14. The number of pyridine rings is 1. The number of thiazole rings is 1. The number of hydrogen-bond donors (Lipinski definition) is 1. The Morgan fingerprint density at radius 1 is 1.19 bits per heavy atom. The predicted octanol–water partition coefficient (Wildman–Crippen LogP) is 2.46. The van der Waals surface area contributed by atoms with Gasteiger partial charge in [-0.3, -0.25) is 4.98 Å². The zero-order chi connectivity index (χ0) is 11.5. The Bertz CT molecular complexity index is 461. The van der Waals surface area contributed by atoms with Gasteiger partial charge in [-0.1, -0.05) is 6.07 Å². The lowest BCUT2D eigenvalue weighted by Crippen LogP contribution is -2.16. The van der Waals surface area contributed by atoms with Gasteiger partial charge in [0.15, 0.2) is 0 Å². The fourth-order valence-electron chi connectivity index (χ4n) is 1.63. The third kappa shape index (κ3) is 2.28. The summed E-state index contributed by atoms with van der Waals surface area (Å²) in [6.45, 7) is 4.02. The minimum absolute atomic E-state index is 0.194. The first-order valence-corrected chi connectivity index (χ1v) is 6.04. The van der Waals surface area contributed by atoms with Crippen molar-refractivity contribution in [1.29, 1.82) is 0 Å². The molecule has 2 rings (SSSR count). The molecule has 0 saturated carbocycles. The molecule has 0 aliphatic heterocycles. The second kappa shape index (κ2) is 4.72. The minimum atomic E-state index is 0.194. The maximum absolute atomic E-state index is 4.32. The number of hydrogen-bond acceptors (Lipinski definition) is 4. The Labute approximate surface area is 99.6 Å². The van der Waals surface area contributed by atoms with E-state index in [0.717, 1.165) is 10.7 Å². The minimum Gasteiger partial charge on any atom is -0.309 e. The molecular formula is C12H15N3S. The summed E-state index contributed by atoms with van der Waals surface area (Å²) in [4.78, 5) is 9.84. The lowest BCUT2D eigenvalue weighted by Gasteiger charge is -2.13. The molecule has 2 aromatic heterocycles. The zero-order valence-electron chi connectivity index (χ0n) is 9.69. The largest absolute Gasteiger partial charge is 0.309 e. The second-order valence-electron chi connectivity index (χ2n) is 3.74. The van der Waals surface area contributed by atoms with E-state index in [2.05, 4.69) is 21.4 Å². The quantitative estimate of drug-likeness (QED) is 0.885. The van der Waals surface area contributed by atoms with Crippen LogP contribution in [0.2, 0.25) is 0 Å². The van der Waals surface area contributed by atoms with Gasteiger partial charge in [-0.05, 0) is 32.5 Å². The van der Waals surface area contributed by atoms with Crippen molar-refractivity contribution in [2.75, 3.05) is 7.05 Å². The molecule has 1 unspecified atom stereocenters. The van der Waals surface area contributed by atoms with E-state index in [1.807, 2.05) is 39.4 Å². The van der Waals surface area contributed by atoms with Gasteiger partial charge >= 0.3 is 0 Å². The van der Waals surface area contributed by atoms with Crippen LogP contribution in [0.3, 0.4) is 0 Å². The Morgan fingerprint density at radius 3 is 2.50 bits per heavy atom. The number of nitrogens with zero attached hydrogens (tertiary/aromatic N) is 2. The van der Waals surface area contributed by atoms with Crippen LogP contribution < -0.4 is 5.32 Å². The Hall–Kier alpha value is -1.26. The van der Waals surface area contributed by atoms with Crippen molar-refractivity contribution in [1.82, 2.24) is 15.3 Å². The average Bonchev–Trinajstić information content (AvgIpc) is 2.69. The highest BCUT2D eigenvalue weighted by molar-refractivity contribution is 7.11. The van der Waals surface area contributed by atoms with Gasteiger partial charge in [0, 0.05) is 23.0 Å². The molecule has 0 radical (unpaired) electrons. The van der Waals surface area contributed by atoms with Crippen molar-refractivity contribution in [2.45, 2.75) is 19.9 Å². The Kier molecular flexibility index (Phi) is 3.31. The third-order valence-electron chi connectivity index (χ3n) is 2.48. The van der Waals surface area contributed by atoms with Gasteiger partial charge in [0.25, 0.3) is 0 Å². The first kappa shape index (κ1) is 11.2. The summed E-state index contributed by atoms with van der Waals surface area (Å²) in [7, 11) is 1.96. The van der Waals surface area contributed by atoms with Crippen LogP contribution in [0, 0.1) is 13.8 Å². The summed E-state index contributed by atoms with van der Waals surface area (Å²) >= 11 is 1.72. The number of aromatic nitrogens is 2. The van der Waals surface area contributed by atoms with Crippen LogP contribution in [0.15, 0.2) is 24.5 Å². The molecule has 84 valence electrons. The lowest BCUT2D eigenvalue weighted by molar-refractivity contribution is 0.698. The topological polar surface area (TPSA) is 37.8 Å². The monoisotopic (exact) mass is 233 g/mol. The summed E-state index contributed by atoms with van der Waals surface area (Å²) in [6.07, 6.45) is 3.85. The molecule has 1 atom stereocenters. The van der Waals surface area contributed by atoms with E-state index in [1.165, 1.54) is 10.4 Å². The van der Waals surface area contributed by atoms with Crippen LogP contribution in [0.25, 0.3) is 0 Å². The predicted molar refractivity (Wildman–Crippen MR) is 66.7 cm³/mol. The fraction of sp³-hybridized carbons (Fsp3) is 0.333. The molecule has 16 heavy (non-hydrogen) atoms. The molecule has 2 heterocycles. The SMILES string of the molecule is CNC(c1ccc(C)nc1)c1cnc(C)s1. The van der Waals surface area contributed by atoms with E-state index in [9.17, 15) is 0 Å². The van der Waals surface area contributed by atoms with Crippen LogP contribution in [-0.4, -0.2) is 17.0 Å². The highest BCUT2D eigenvalue weighted by Crippen LogP contribution is 2.25. The third-order valence-corrected chi connectivity index (χ3v) is 3.46. The number of aryl methyl sites for hydroxylation is 2. The van der Waals surface area contributed by atoms with Crippen LogP contribution in [0.5, 0.6) is 0 Å². The molecule has 0 bridgehead atoms. The molecular weight excluding hydrogens is 218 g/mol. The summed E-state index contributed by atoms with van der Waals surface area (Å²) in [5.41, 5.74) is 2.22. The Morgan fingerprint density at radius 2 is 2.00 bits per heavy atom. The van der Waals surface area contributed by atoms with E-state index >= 15 is 0 Å². The molecule has 0 aromatic carbocycles. The molecule has 4 heteroatoms. The average molecular weight is 233 g/mol. The standard InChI is InChI=1S/C12H15N3S/c1-8-4-5-10(6-14-8)12(13-3)11-7-15-9(2)16-11/h4-7,12-13H,1-3H3. The van der Waals surface area contributed by atoms with Gasteiger partial charge in [-0.25, -0.2) is 4.98 Å². The summed E-state index contributed by atoms with van der Waals surface area (Å²) in [6, 6.07) is 4.34. The Balaban J connectivity index is 2.32. The van der Waals surface area contributed by atoms with E-state index < -0.39 is 0 Å². The highest BCUT2D eigenvalue weighted by atomic mass is 32.1. The van der Waals surface area contributed by atoms with E-state index in [1.54, 1.807) is 11.3 Å². The molecule has 0 aliphatic rings. The first-order chi connectivity index (χ1) is 7.70. The van der Waals surface area contributed by atoms with Crippen molar-refractivity contribution in [3.63, 3.8) is 0 Å². The van der Waals surface area contributed by atoms with Gasteiger partial charge in [0.05, 0.1) is 11.0 Å². The van der Waals surface area contributed by atoms with Crippen molar-refractivity contribution in [2.24, 2.45) is 0 Å². The summed E-state index contributed by atoms with van der Waals surface area (Å²) < 4.78 is 0. The van der Waals surface area contributed by atoms with Crippen molar-refractivity contribution >= 4 is 11.3 Å². The molecule has 2 aromatic rings. The first-order valence-electron chi connectivity index (χ1n) is 5.23. The summed E-state index contributed by atoms with van der Waals surface area (Å²) in [5.74, 6) is 0. The fourth-order valence-corrected chi connectivity index (χ4v) is 2.56. The molecule has 0 spiro atoms.